The Balaban J connectivity index is 1.04. The van der Waals surface area contributed by atoms with Gasteiger partial charge in [-0.25, -0.2) is 23.7 Å². The minimum absolute atomic E-state index is 0.169. The van der Waals surface area contributed by atoms with Crippen molar-refractivity contribution in [3.05, 3.63) is 139 Å². The fourth-order valence-electron chi connectivity index (χ4n) is 6.16. The third-order valence-corrected chi connectivity index (χ3v) is 8.48. The first-order chi connectivity index (χ1) is 24.3. The highest BCUT2D eigenvalue weighted by Crippen LogP contribution is 2.25. The zero-order valence-corrected chi connectivity index (χ0v) is 26.8. The summed E-state index contributed by atoms with van der Waals surface area (Å²) in [7, 11) is 3.09. The van der Waals surface area contributed by atoms with Crippen molar-refractivity contribution in [3.63, 3.8) is 0 Å². The maximum absolute atomic E-state index is 13.9. The molecule has 5 heterocycles. The highest BCUT2D eigenvalue weighted by molar-refractivity contribution is 5.82. The molecule has 0 amide bonds. The average Bonchev–Trinajstić information content (AvgIpc) is 3.83. The molecule has 8 rings (SSSR count). The summed E-state index contributed by atoms with van der Waals surface area (Å²) in [6.07, 6.45) is 3.50. The van der Waals surface area contributed by atoms with Crippen LogP contribution in [-0.2, 0) is 26.2 Å². The van der Waals surface area contributed by atoms with Crippen molar-refractivity contribution >= 4 is 33.0 Å². The minimum Gasteiger partial charge on any atom is -0.497 e. The van der Waals surface area contributed by atoms with Gasteiger partial charge in [0.25, 0.3) is 0 Å². The van der Waals surface area contributed by atoms with Crippen LogP contribution in [0.15, 0.2) is 108 Å². The highest BCUT2D eigenvalue weighted by Gasteiger charge is 2.17. The Labute approximate surface area is 281 Å². The molecule has 0 saturated carbocycles. The Morgan fingerprint density at radius 1 is 0.600 bits per heavy atom. The zero-order chi connectivity index (χ0) is 34.4. The number of aromatic nitrogens is 8. The highest BCUT2D eigenvalue weighted by atomic mass is 16.5. The molecule has 0 N–H and O–H groups in total. The van der Waals surface area contributed by atoms with Crippen molar-refractivity contribution in [2.45, 2.75) is 26.2 Å². The van der Waals surface area contributed by atoms with Crippen LogP contribution in [0.5, 0.6) is 11.5 Å². The van der Waals surface area contributed by atoms with Crippen LogP contribution in [0.3, 0.4) is 0 Å². The van der Waals surface area contributed by atoms with Crippen molar-refractivity contribution < 1.29 is 18.3 Å². The van der Waals surface area contributed by atoms with E-state index in [1.807, 2.05) is 36.4 Å². The van der Waals surface area contributed by atoms with E-state index < -0.39 is 11.3 Å². The predicted molar refractivity (Wildman–Crippen MR) is 181 cm³/mol. The van der Waals surface area contributed by atoms with Gasteiger partial charge in [-0.2, -0.15) is 0 Å². The van der Waals surface area contributed by atoms with Crippen molar-refractivity contribution in [3.8, 4) is 11.5 Å². The van der Waals surface area contributed by atoms with E-state index in [0.717, 1.165) is 21.8 Å². The van der Waals surface area contributed by atoms with Crippen molar-refractivity contribution in [2.24, 2.45) is 0 Å². The van der Waals surface area contributed by atoms with E-state index in [2.05, 4.69) is 20.6 Å². The molecule has 50 heavy (non-hydrogen) atoms. The second kappa shape index (κ2) is 12.4. The van der Waals surface area contributed by atoms with E-state index in [1.165, 1.54) is 12.1 Å². The first-order valence-electron chi connectivity index (χ1n) is 15.5. The van der Waals surface area contributed by atoms with Gasteiger partial charge in [-0.1, -0.05) is 22.6 Å². The van der Waals surface area contributed by atoms with Crippen LogP contribution < -0.4 is 26.4 Å². The van der Waals surface area contributed by atoms with Gasteiger partial charge in [-0.05, 0) is 47.5 Å². The molecule has 15 heteroatoms. The second-order valence-corrected chi connectivity index (χ2v) is 11.7. The summed E-state index contributed by atoms with van der Waals surface area (Å²) < 4.78 is 27.8. The Bertz CT molecular complexity index is 2550. The van der Waals surface area contributed by atoms with Crippen LogP contribution in [0.1, 0.15) is 22.5 Å². The molecular weight excluding hydrogens is 644 g/mol. The lowest BCUT2D eigenvalue weighted by Crippen LogP contribution is -2.25. The van der Waals surface area contributed by atoms with Gasteiger partial charge in [0, 0.05) is 35.0 Å². The first-order valence-corrected chi connectivity index (χ1v) is 15.5. The normalized spacial score (nSPS) is 11.6. The molecule has 0 aliphatic carbocycles. The quantitative estimate of drug-likeness (QED) is 0.195. The summed E-state index contributed by atoms with van der Waals surface area (Å²) in [5.74, 6) is 1.15. The van der Waals surface area contributed by atoms with Crippen LogP contribution in [0.25, 0.3) is 33.0 Å². The number of methoxy groups -OCH3 is 2. The van der Waals surface area contributed by atoms with Gasteiger partial charge in [0.1, 0.15) is 34.1 Å². The van der Waals surface area contributed by atoms with E-state index in [-0.39, 0.29) is 31.9 Å². The summed E-state index contributed by atoms with van der Waals surface area (Å²) in [6, 6.07) is 20.9. The molecule has 0 radical (unpaired) electrons. The van der Waals surface area contributed by atoms with Gasteiger partial charge < -0.3 is 18.3 Å². The number of hydrogen-bond acceptors (Lipinski definition) is 11. The van der Waals surface area contributed by atoms with Crippen LogP contribution in [0, 0.1) is 0 Å². The number of ether oxygens (including phenoxy) is 2. The van der Waals surface area contributed by atoms with Gasteiger partial charge in [0.2, 0.25) is 0 Å². The predicted octanol–water partition coefficient (Wildman–Crippen LogP) is 3.41. The standard InChI is InChI=1S/C35H28N8O7/c1-47-25-7-9-27-21(11-33(44)49-31(27)13-25)15-40-17-23(36-38-40)19-42-29-5-3-4-6-30(29)43(35(42)46)20-24-18-41(39-37-24)16-22-12-34(45)50-32-14-26(48-2)8-10-28(22)32/h3-14,17-18H,15-16,19-20H2,1-2H3. The Morgan fingerprint density at radius 3 is 1.50 bits per heavy atom. The molecule has 5 aromatic heterocycles. The molecular formula is C35H28N8O7. The number of nitrogens with zero attached hydrogens (tertiary/aromatic N) is 8. The van der Waals surface area contributed by atoms with Crippen LogP contribution in [0.4, 0.5) is 0 Å². The van der Waals surface area contributed by atoms with Crippen molar-refractivity contribution in [2.75, 3.05) is 14.2 Å². The Morgan fingerprint density at radius 2 is 1.06 bits per heavy atom. The number of para-hydroxylation sites is 2. The summed E-state index contributed by atoms with van der Waals surface area (Å²) in [5, 5.41) is 18.7. The lowest BCUT2D eigenvalue weighted by atomic mass is 10.1. The summed E-state index contributed by atoms with van der Waals surface area (Å²) in [5.41, 5.74) is 3.59. The van der Waals surface area contributed by atoms with Gasteiger partial charge in [0.15, 0.2) is 0 Å². The lowest BCUT2D eigenvalue weighted by molar-refractivity contribution is 0.414. The maximum Gasteiger partial charge on any atom is 0.336 e. The van der Waals surface area contributed by atoms with Gasteiger partial charge in [0.05, 0.1) is 63.8 Å². The van der Waals surface area contributed by atoms with Gasteiger partial charge in [-0.3, -0.25) is 9.13 Å². The van der Waals surface area contributed by atoms with E-state index >= 15 is 0 Å². The number of imidazole rings is 1. The Hall–Kier alpha value is -6.77. The van der Waals surface area contributed by atoms with E-state index in [9.17, 15) is 14.4 Å². The SMILES string of the molecule is COc1ccc2c(Cn3cc(Cn4c(=O)n(Cc5cn(Cc6cc(=O)oc7cc(OC)ccc67)nn5)c5ccccc54)nn3)cc(=O)oc2c1. The van der Waals surface area contributed by atoms with E-state index in [1.54, 1.807) is 69.4 Å². The number of rotatable bonds is 10. The fraction of sp³-hybridized carbons (Fsp3) is 0.171. The van der Waals surface area contributed by atoms with Crippen LogP contribution in [0.2, 0.25) is 0 Å². The van der Waals surface area contributed by atoms with E-state index in [4.69, 9.17) is 18.3 Å². The molecule has 250 valence electrons. The summed E-state index contributed by atoms with van der Waals surface area (Å²) in [4.78, 5) is 38.4. The second-order valence-electron chi connectivity index (χ2n) is 11.7. The largest absolute Gasteiger partial charge is 0.497 e. The van der Waals surface area contributed by atoms with Gasteiger partial charge in [-0.15, -0.1) is 10.2 Å². The molecule has 15 nitrogen and oxygen atoms in total. The molecule has 0 fully saturated rings. The molecule has 0 saturated heterocycles. The zero-order valence-electron chi connectivity index (χ0n) is 26.8. The fourth-order valence-corrected chi connectivity index (χ4v) is 6.16. The molecule has 3 aromatic carbocycles. The summed E-state index contributed by atoms with van der Waals surface area (Å²) in [6.45, 7) is 0.877. The number of benzene rings is 3. The minimum atomic E-state index is -0.484. The van der Waals surface area contributed by atoms with Gasteiger partial charge >= 0.3 is 16.9 Å². The molecule has 0 aliphatic heterocycles. The molecule has 0 spiro atoms. The monoisotopic (exact) mass is 672 g/mol. The topological polar surface area (TPSA) is 167 Å². The maximum atomic E-state index is 13.9. The average molecular weight is 673 g/mol. The number of fused-ring (bicyclic) bond motifs is 3. The molecule has 0 atom stereocenters. The molecule has 0 bridgehead atoms. The van der Waals surface area contributed by atoms with Crippen molar-refractivity contribution in [1.29, 1.82) is 0 Å². The first kappa shape index (κ1) is 30.6. The third kappa shape index (κ3) is 5.70. The van der Waals surface area contributed by atoms with E-state index in [0.29, 0.717) is 45.2 Å². The van der Waals surface area contributed by atoms with Crippen molar-refractivity contribution in [1.82, 2.24) is 39.1 Å². The number of hydrogen-bond donors (Lipinski definition) is 0. The molecule has 0 unspecified atom stereocenters. The summed E-state index contributed by atoms with van der Waals surface area (Å²) >= 11 is 0. The third-order valence-electron chi connectivity index (χ3n) is 8.48. The smallest absolute Gasteiger partial charge is 0.336 e. The molecule has 8 aromatic rings. The Kier molecular flexibility index (Phi) is 7.55. The lowest BCUT2D eigenvalue weighted by Gasteiger charge is -2.06. The van der Waals surface area contributed by atoms with Crippen LogP contribution >= 0.6 is 0 Å². The molecule has 0 aliphatic rings. The van der Waals surface area contributed by atoms with Crippen LogP contribution in [-0.4, -0.2) is 53.3 Å².